The van der Waals surface area contributed by atoms with E-state index in [0.29, 0.717) is 6.54 Å². The van der Waals surface area contributed by atoms with Gasteiger partial charge in [-0.05, 0) is 35.6 Å². The lowest BCUT2D eigenvalue weighted by Gasteiger charge is -2.21. The summed E-state index contributed by atoms with van der Waals surface area (Å²) in [6, 6.07) is 3.69. The molecule has 0 spiro atoms. The van der Waals surface area contributed by atoms with Gasteiger partial charge in [-0.15, -0.1) is 11.3 Å². The molecule has 0 unspecified atom stereocenters. The largest absolute Gasteiger partial charge is 0.392 e. The summed E-state index contributed by atoms with van der Waals surface area (Å²) in [7, 11) is 0. The fourth-order valence-corrected chi connectivity index (χ4v) is 3.41. The summed E-state index contributed by atoms with van der Waals surface area (Å²) in [5, 5.41) is 11.0. The van der Waals surface area contributed by atoms with Crippen LogP contribution in [0, 0.1) is 0 Å². The SMILES string of the molecule is O=C(/C=C/c1cc(CO)cs1)N1CCCN(c2ncccn2)CC1. The normalized spacial score (nSPS) is 15.7. The number of anilines is 1. The molecular weight excluding hydrogens is 324 g/mol. The molecule has 2 aromatic heterocycles. The van der Waals surface area contributed by atoms with E-state index in [0.717, 1.165) is 42.4 Å². The highest BCUT2D eigenvalue weighted by atomic mass is 32.1. The van der Waals surface area contributed by atoms with Gasteiger partial charge < -0.3 is 14.9 Å². The summed E-state index contributed by atoms with van der Waals surface area (Å²) in [6.45, 7) is 3.01. The first-order chi connectivity index (χ1) is 11.8. The minimum absolute atomic E-state index is 0.0183. The molecule has 1 amide bonds. The van der Waals surface area contributed by atoms with Crippen LogP contribution in [0.2, 0.25) is 0 Å². The molecule has 0 saturated carbocycles. The predicted molar refractivity (Wildman–Crippen MR) is 94.7 cm³/mol. The summed E-state index contributed by atoms with van der Waals surface area (Å²) in [6.07, 6.45) is 7.80. The number of carbonyl (C=O) groups excluding carboxylic acids is 1. The maximum absolute atomic E-state index is 12.4. The average Bonchev–Trinajstić information content (AvgIpc) is 2.95. The van der Waals surface area contributed by atoms with Crippen LogP contribution < -0.4 is 4.90 Å². The van der Waals surface area contributed by atoms with Crippen LogP contribution in [0.3, 0.4) is 0 Å². The van der Waals surface area contributed by atoms with Crippen LogP contribution in [-0.4, -0.2) is 52.1 Å². The van der Waals surface area contributed by atoms with Crippen molar-refractivity contribution in [2.24, 2.45) is 0 Å². The fourth-order valence-electron chi connectivity index (χ4n) is 2.62. The summed E-state index contributed by atoms with van der Waals surface area (Å²) < 4.78 is 0. The molecule has 0 bridgehead atoms. The van der Waals surface area contributed by atoms with Crippen molar-refractivity contribution in [3.8, 4) is 0 Å². The van der Waals surface area contributed by atoms with Gasteiger partial charge in [0, 0.05) is 49.5 Å². The van der Waals surface area contributed by atoms with Crippen molar-refractivity contribution in [3.63, 3.8) is 0 Å². The molecule has 1 fully saturated rings. The average molecular weight is 344 g/mol. The molecule has 1 saturated heterocycles. The van der Waals surface area contributed by atoms with Crippen LogP contribution in [0.4, 0.5) is 5.95 Å². The predicted octanol–water partition coefficient (Wildman–Crippen LogP) is 1.78. The van der Waals surface area contributed by atoms with E-state index in [2.05, 4.69) is 14.9 Å². The van der Waals surface area contributed by atoms with Crippen LogP contribution >= 0.6 is 11.3 Å². The van der Waals surface area contributed by atoms with E-state index in [-0.39, 0.29) is 12.5 Å². The van der Waals surface area contributed by atoms with Crippen molar-refractivity contribution >= 4 is 29.3 Å². The number of aromatic nitrogens is 2. The molecule has 126 valence electrons. The summed E-state index contributed by atoms with van der Waals surface area (Å²) in [5.74, 6) is 0.738. The lowest BCUT2D eigenvalue weighted by Crippen LogP contribution is -2.34. The highest BCUT2D eigenvalue weighted by Gasteiger charge is 2.18. The zero-order valence-corrected chi connectivity index (χ0v) is 14.2. The molecule has 1 N–H and O–H groups in total. The first-order valence-electron chi connectivity index (χ1n) is 7.93. The maximum Gasteiger partial charge on any atom is 0.246 e. The number of aliphatic hydroxyl groups is 1. The zero-order valence-electron chi connectivity index (χ0n) is 13.3. The Labute approximate surface area is 145 Å². The number of hydrogen-bond donors (Lipinski definition) is 1. The van der Waals surface area contributed by atoms with Gasteiger partial charge in [0.05, 0.1) is 6.61 Å². The summed E-state index contributed by atoms with van der Waals surface area (Å²) >= 11 is 1.52. The second-order valence-corrected chi connectivity index (χ2v) is 6.51. The standard InChI is InChI=1S/C17H20N4O2S/c22-12-14-11-15(24-13-14)3-4-16(23)20-7-2-8-21(10-9-20)17-18-5-1-6-19-17/h1,3-6,11,13,22H,2,7-10,12H2/b4-3+. The molecule has 6 nitrogen and oxygen atoms in total. The van der Waals surface area contributed by atoms with Gasteiger partial charge >= 0.3 is 0 Å². The number of thiophene rings is 1. The van der Waals surface area contributed by atoms with Gasteiger partial charge in [-0.2, -0.15) is 0 Å². The van der Waals surface area contributed by atoms with Gasteiger partial charge in [0.15, 0.2) is 0 Å². The Morgan fingerprint density at radius 3 is 2.83 bits per heavy atom. The lowest BCUT2D eigenvalue weighted by atomic mass is 10.3. The molecular formula is C17H20N4O2S. The van der Waals surface area contributed by atoms with Gasteiger partial charge in [-0.3, -0.25) is 4.79 Å². The van der Waals surface area contributed by atoms with E-state index in [1.807, 2.05) is 22.4 Å². The molecule has 0 aliphatic carbocycles. The number of amides is 1. The first kappa shape index (κ1) is 16.6. The van der Waals surface area contributed by atoms with Gasteiger partial charge in [0.1, 0.15) is 0 Å². The van der Waals surface area contributed by atoms with E-state index in [1.165, 1.54) is 11.3 Å². The number of carbonyl (C=O) groups is 1. The van der Waals surface area contributed by atoms with E-state index in [1.54, 1.807) is 24.5 Å². The molecule has 0 aromatic carbocycles. The van der Waals surface area contributed by atoms with Crippen molar-refractivity contribution in [2.45, 2.75) is 13.0 Å². The Morgan fingerprint density at radius 2 is 2.08 bits per heavy atom. The molecule has 3 rings (SSSR count). The monoisotopic (exact) mass is 344 g/mol. The smallest absolute Gasteiger partial charge is 0.246 e. The molecule has 1 aliphatic rings. The number of rotatable bonds is 4. The second kappa shape index (κ2) is 8.03. The van der Waals surface area contributed by atoms with Crippen LogP contribution in [0.15, 0.2) is 36.0 Å². The van der Waals surface area contributed by atoms with E-state index in [4.69, 9.17) is 5.11 Å². The van der Waals surface area contributed by atoms with Crippen molar-refractivity contribution in [2.75, 3.05) is 31.1 Å². The zero-order chi connectivity index (χ0) is 16.8. The topological polar surface area (TPSA) is 69.6 Å². The first-order valence-corrected chi connectivity index (χ1v) is 8.81. The molecule has 0 radical (unpaired) electrons. The highest BCUT2D eigenvalue weighted by Crippen LogP contribution is 2.17. The Hall–Kier alpha value is -2.25. The summed E-state index contributed by atoms with van der Waals surface area (Å²) in [4.78, 5) is 25.9. The van der Waals surface area contributed by atoms with Gasteiger partial charge in [0.2, 0.25) is 11.9 Å². The molecule has 2 aromatic rings. The lowest BCUT2D eigenvalue weighted by molar-refractivity contribution is -0.125. The number of nitrogens with zero attached hydrogens (tertiary/aromatic N) is 4. The molecule has 1 aliphatic heterocycles. The highest BCUT2D eigenvalue weighted by molar-refractivity contribution is 7.11. The summed E-state index contributed by atoms with van der Waals surface area (Å²) in [5.41, 5.74) is 0.875. The number of aliphatic hydroxyl groups excluding tert-OH is 1. The van der Waals surface area contributed by atoms with Crippen molar-refractivity contribution in [1.29, 1.82) is 0 Å². The van der Waals surface area contributed by atoms with Crippen molar-refractivity contribution in [3.05, 3.63) is 46.4 Å². The molecule has 24 heavy (non-hydrogen) atoms. The van der Waals surface area contributed by atoms with Gasteiger partial charge in [0.25, 0.3) is 0 Å². The third-order valence-corrected chi connectivity index (χ3v) is 4.84. The minimum Gasteiger partial charge on any atom is -0.392 e. The van der Waals surface area contributed by atoms with Crippen molar-refractivity contribution in [1.82, 2.24) is 14.9 Å². The van der Waals surface area contributed by atoms with Crippen LogP contribution in [0.5, 0.6) is 0 Å². The van der Waals surface area contributed by atoms with Gasteiger partial charge in [-0.1, -0.05) is 0 Å². The van der Waals surface area contributed by atoms with Crippen molar-refractivity contribution < 1.29 is 9.90 Å². The third kappa shape index (κ3) is 4.18. The third-order valence-electron chi connectivity index (χ3n) is 3.89. The van der Waals surface area contributed by atoms with Crippen LogP contribution in [0.1, 0.15) is 16.9 Å². The number of hydrogen-bond acceptors (Lipinski definition) is 6. The Balaban J connectivity index is 1.58. The van der Waals surface area contributed by atoms with Gasteiger partial charge in [-0.25, -0.2) is 9.97 Å². The molecule has 0 atom stereocenters. The van der Waals surface area contributed by atoms with Crippen LogP contribution in [0.25, 0.3) is 6.08 Å². The van der Waals surface area contributed by atoms with E-state index < -0.39 is 0 Å². The van der Waals surface area contributed by atoms with E-state index >= 15 is 0 Å². The molecule has 7 heteroatoms. The fraction of sp³-hybridized carbons (Fsp3) is 0.353. The minimum atomic E-state index is 0.0183. The molecule has 3 heterocycles. The Kier molecular flexibility index (Phi) is 5.55. The van der Waals surface area contributed by atoms with Crippen LogP contribution in [-0.2, 0) is 11.4 Å². The Morgan fingerprint density at radius 1 is 1.25 bits per heavy atom. The Bertz CT molecular complexity index is 702. The second-order valence-electron chi connectivity index (χ2n) is 5.56. The quantitative estimate of drug-likeness (QED) is 0.856. The van der Waals surface area contributed by atoms with E-state index in [9.17, 15) is 4.79 Å². The maximum atomic E-state index is 12.4.